The van der Waals surface area contributed by atoms with E-state index in [1.807, 2.05) is 25.7 Å². The molecule has 1 atom stereocenters. The van der Waals surface area contributed by atoms with E-state index in [0.29, 0.717) is 36.6 Å². The number of aromatic nitrogens is 1. The Balaban J connectivity index is 1.24. The van der Waals surface area contributed by atoms with Gasteiger partial charge in [-0.1, -0.05) is 20.8 Å². The van der Waals surface area contributed by atoms with Gasteiger partial charge in [0.1, 0.15) is 27.1 Å². The largest absolute Gasteiger partial charge is 0.573 e. The maximum atomic E-state index is 15.7. The number of hydrogen-bond donors (Lipinski definition) is 0. The van der Waals surface area contributed by atoms with E-state index < -0.39 is 32.7 Å². The van der Waals surface area contributed by atoms with Gasteiger partial charge < -0.3 is 19.3 Å². The number of piperazine rings is 1. The van der Waals surface area contributed by atoms with Crippen LogP contribution in [0.1, 0.15) is 59.8 Å². The van der Waals surface area contributed by atoms with Crippen molar-refractivity contribution >= 4 is 26.4 Å². The molecule has 9 nitrogen and oxygen atoms in total. The normalized spacial score (nSPS) is 20.1. The number of benzene rings is 2. The summed E-state index contributed by atoms with van der Waals surface area (Å²) in [6.07, 6.45) is 0.652. The Hall–Kier alpha value is -3.20. The fourth-order valence-corrected chi connectivity index (χ4v) is 9.70. The Morgan fingerprint density at radius 2 is 1.42 bits per heavy atom. The van der Waals surface area contributed by atoms with Gasteiger partial charge in [0.2, 0.25) is 9.84 Å². The van der Waals surface area contributed by atoms with Gasteiger partial charge in [-0.3, -0.25) is 14.8 Å². The van der Waals surface area contributed by atoms with Crippen molar-refractivity contribution in [3.05, 3.63) is 48.4 Å². The number of piperidine rings is 2. The lowest BCUT2D eigenvalue weighted by Gasteiger charge is -2.46. The van der Waals surface area contributed by atoms with Gasteiger partial charge in [-0.05, 0) is 94.9 Å². The lowest BCUT2D eigenvalue weighted by molar-refractivity contribution is -0.274. The summed E-state index contributed by atoms with van der Waals surface area (Å²) in [5.41, 5.74) is 0.499. The highest BCUT2D eigenvalue weighted by molar-refractivity contribution is 7.91. The van der Waals surface area contributed by atoms with Crippen LogP contribution in [0, 0.1) is 11.7 Å². The number of ether oxygens (including phenoxy) is 2. The lowest BCUT2D eigenvalue weighted by Crippen LogP contribution is -2.56. The molecule has 3 aromatic rings. The van der Waals surface area contributed by atoms with E-state index in [0.717, 1.165) is 77.2 Å². The molecule has 0 spiro atoms. The van der Waals surface area contributed by atoms with Crippen molar-refractivity contribution in [2.75, 3.05) is 63.8 Å². The van der Waals surface area contributed by atoms with Crippen LogP contribution >= 0.6 is 0 Å². The summed E-state index contributed by atoms with van der Waals surface area (Å²) >= 11 is 0. The van der Waals surface area contributed by atoms with Crippen molar-refractivity contribution in [2.24, 2.45) is 5.92 Å². The molecule has 52 heavy (non-hydrogen) atoms. The minimum atomic E-state index is -4.94. The number of fused-ring (bicyclic) bond motifs is 1. The first-order valence-corrected chi connectivity index (χ1v) is 20.0. The van der Waals surface area contributed by atoms with E-state index in [9.17, 15) is 21.6 Å². The molecular formula is C38H51F4N5O4S. The Morgan fingerprint density at radius 1 is 0.827 bits per heavy atom. The molecule has 1 unspecified atom stereocenters. The molecule has 3 aliphatic rings. The number of halogens is 4. The summed E-state index contributed by atoms with van der Waals surface area (Å²) in [5.74, 6) is -0.910. The zero-order valence-electron chi connectivity index (χ0n) is 30.5. The summed E-state index contributed by atoms with van der Waals surface area (Å²) in [4.78, 5) is 13.0. The van der Waals surface area contributed by atoms with Gasteiger partial charge in [0, 0.05) is 69.0 Å². The molecule has 0 aliphatic carbocycles. The molecule has 0 bridgehead atoms. The molecule has 14 heteroatoms. The minimum absolute atomic E-state index is 0.187. The summed E-state index contributed by atoms with van der Waals surface area (Å²) < 4.78 is 94.2. The molecule has 6 rings (SSSR count). The topological polar surface area (TPSA) is 78.5 Å². The van der Waals surface area contributed by atoms with Crippen LogP contribution in [0.3, 0.4) is 0 Å². The minimum Gasteiger partial charge on any atom is -0.491 e. The third-order valence-corrected chi connectivity index (χ3v) is 12.6. The van der Waals surface area contributed by atoms with Crippen molar-refractivity contribution in [3.8, 4) is 11.5 Å². The first kappa shape index (κ1) is 38.5. The summed E-state index contributed by atoms with van der Waals surface area (Å²) in [7, 11) is -4.53. The molecule has 3 saturated heterocycles. The Labute approximate surface area is 304 Å². The van der Waals surface area contributed by atoms with Crippen molar-refractivity contribution in [1.29, 1.82) is 0 Å². The van der Waals surface area contributed by atoms with Crippen LogP contribution in [0.25, 0.3) is 10.9 Å². The van der Waals surface area contributed by atoms with E-state index in [1.54, 1.807) is 0 Å². The molecule has 0 amide bonds. The molecular weight excluding hydrogens is 699 g/mol. The van der Waals surface area contributed by atoms with E-state index in [-0.39, 0.29) is 27.8 Å². The zero-order valence-corrected chi connectivity index (χ0v) is 31.4. The van der Waals surface area contributed by atoms with Gasteiger partial charge in [0.15, 0.2) is 0 Å². The Morgan fingerprint density at radius 3 is 1.98 bits per heavy atom. The van der Waals surface area contributed by atoms with Crippen LogP contribution in [-0.2, 0) is 9.84 Å². The molecule has 0 saturated carbocycles. The number of likely N-dealkylation sites (tertiary alicyclic amines) is 1. The average Bonchev–Trinajstić information content (AvgIpc) is 3.10. The quantitative estimate of drug-likeness (QED) is 0.193. The SMILES string of the molecule is CCN1CCC(N2CCN(C3CCN(c4c(S(=O)(=O)c5ccc(OC(C)CC(C)C)cc5F)cnc5ccc(OC(F)(F)F)cc45)CC3)CC2)CC1. The van der Waals surface area contributed by atoms with Crippen molar-refractivity contribution in [3.63, 3.8) is 0 Å². The second-order valence-corrected chi connectivity index (χ2v) is 16.7. The fourth-order valence-electron chi connectivity index (χ4n) is 8.22. The van der Waals surface area contributed by atoms with Crippen LogP contribution in [0.4, 0.5) is 23.2 Å². The number of alkyl halides is 3. The average molecular weight is 750 g/mol. The number of anilines is 1. The summed E-state index contributed by atoms with van der Waals surface area (Å²) in [6.45, 7) is 16.5. The predicted molar refractivity (Wildman–Crippen MR) is 193 cm³/mol. The zero-order chi connectivity index (χ0) is 37.2. The number of rotatable bonds is 11. The third-order valence-electron chi connectivity index (χ3n) is 10.8. The molecule has 4 heterocycles. The van der Waals surface area contributed by atoms with Gasteiger partial charge in [-0.15, -0.1) is 13.2 Å². The summed E-state index contributed by atoms with van der Waals surface area (Å²) in [6, 6.07) is 8.28. The summed E-state index contributed by atoms with van der Waals surface area (Å²) in [5, 5.41) is 0.187. The van der Waals surface area contributed by atoms with Crippen LogP contribution < -0.4 is 14.4 Å². The van der Waals surface area contributed by atoms with Crippen LogP contribution in [0.15, 0.2) is 52.4 Å². The fraction of sp³-hybridized carbons (Fsp3) is 0.605. The first-order valence-electron chi connectivity index (χ1n) is 18.6. The van der Waals surface area contributed by atoms with Gasteiger partial charge in [0.25, 0.3) is 0 Å². The van der Waals surface area contributed by atoms with Crippen molar-refractivity contribution < 1.29 is 35.5 Å². The maximum Gasteiger partial charge on any atom is 0.573 e. The first-order chi connectivity index (χ1) is 24.7. The lowest BCUT2D eigenvalue weighted by atomic mass is 9.99. The van der Waals surface area contributed by atoms with Crippen molar-refractivity contribution in [2.45, 2.75) is 94.1 Å². The van der Waals surface area contributed by atoms with Crippen LogP contribution in [0.5, 0.6) is 11.5 Å². The second kappa shape index (κ2) is 16.0. The maximum absolute atomic E-state index is 15.7. The standard InChI is InChI=1S/C38H51F4N5O4S/c1-5-44-14-10-28(11-15-44)45-18-20-46(21-19-45)29-12-16-47(17-13-29)37-32-23-31(51-38(40,41)42)6-8-34(32)43-25-36(37)52(48,49)35-9-7-30(24-33(35)39)50-27(4)22-26(2)3/h6-9,23-29H,5,10-22H2,1-4H3. The predicted octanol–water partition coefficient (Wildman–Crippen LogP) is 6.99. The molecule has 3 fully saturated rings. The van der Waals surface area contributed by atoms with E-state index in [2.05, 4.69) is 31.3 Å². The number of nitrogens with zero attached hydrogens (tertiary/aromatic N) is 5. The smallest absolute Gasteiger partial charge is 0.491 e. The monoisotopic (exact) mass is 749 g/mol. The third kappa shape index (κ3) is 8.94. The Kier molecular flexibility index (Phi) is 11.9. The van der Waals surface area contributed by atoms with E-state index in [1.165, 1.54) is 43.3 Å². The van der Waals surface area contributed by atoms with E-state index >= 15 is 4.39 Å². The highest BCUT2D eigenvalue weighted by Crippen LogP contribution is 2.40. The number of pyridine rings is 1. The molecule has 0 N–H and O–H groups in total. The van der Waals surface area contributed by atoms with E-state index in [4.69, 9.17) is 4.74 Å². The van der Waals surface area contributed by atoms with Crippen LogP contribution in [-0.4, -0.2) is 112 Å². The molecule has 2 aromatic carbocycles. The number of sulfone groups is 1. The highest BCUT2D eigenvalue weighted by Gasteiger charge is 2.36. The molecule has 0 radical (unpaired) electrons. The molecule has 3 aliphatic heterocycles. The molecule has 286 valence electrons. The van der Waals surface area contributed by atoms with Gasteiger partial charge in [-0.2, -0.15) is 0 Å². The second-order valence-electron chi connectivity index (χ2n) is 14.8. The highest BCUT2D eigenvalue weighted by atomic mass is 32.2. The van der Waals surface area contributed by atoms with Gasteiger partial charge in [-0.25, -0.2) is 12.8 Å². The number of hydrogen-bond acceptors (Lipinski definition) is 9. The molecule has 1 aromatic heterocycles. The van der Waals surface area contributed by atoms with Crippen LogP contribution in [0.2, 0.25) is 0 Å². The van der Waals surface area contributed by atoms with Crippen molar-refractivity contribution in [1.82, 2.24) is 19.7 Å². The van der Waals surface area contributed by atoms with Gasteiger partial charge >= 0.3 is 6.36 Å². The van der Waals surface area contributed by atoms with Gasteiger partial charge in [0.05, 0.1) is 17.3 Å². The Bertz CT molecular complexity index is 1790.